The number of ether oxygens (including phenoxy) is 1. The van der Waals surface area contributed by atoms with Gasteiger partial charge in [0.15, 0.2) is 6.61 Å². The van der Waals surface area contributed by atoms with E-state index in [0.717, 1.165) is 6.42 Å². The van der Waals surface area contributed by atoms with E-state index in [1.807, 2.05) is 13.8 Å². The van der Waals surface area contributed by atoms with E-state index in [1.54, 1.807) is 19.1 Å². The number of rotatable bonds is 7. The molecule has 2 aromatic heterocycles. The van der Waals surface area contributed by atoms with E-state index in [9.17, 15) is 13.6 Å². The van der Waals surface area contributed by atoms with Crippen LogP contribution in [0.25, 0.3) is 5.73 Å². The molecule has 0 aliphatic rings. The van der Waals surface area contributed by atoms with Crippen molar-refractivity contribution in [3.63, 3.8) is 0 Å². The highest BCUT2D eigenvalue weighted by molar-refractivity contribution is 6.31. The van der Waals surface area contributed by atoms with Gasteiger partial charge in [-0.1, -0.05) is 31.9 Å². The normalized spacial score (nSPS) is 12.6. The molecule has 28 heavy (non-hydrogen) atoms. The Labute approximate surface area is 168 Å². The Morgan fingerprint density at radius 2 is 1.93 bits per heavy atom. The second kappa shape index (κ2) is 12.2. The molecule has 0 radical (unpaired) electrons. The van der Waals surface area contributed by atoms with Crippen LogP contribution in [0.5, 0.6) is 5.88 Å². The van der Waals surface area contributed by atoms with Crippen molar-refractivity contribution in [1.82, 2.24) is 15.3 Å². The number of hydrogen-bond donors (Lipinski definition) is 1. The molecule has 9 heteroatoms. The van der Waals surface area contributed by atoms with Gasteiger partial charge in [-0.2, -0.15) is 0 Å². The third kappa shape index (κ3) is 8.58. The number of amides is 1. The monoisotopic (exact) mass is 413 g/mol. The second-order valence-corrected chi connectivity index (χ2v) is 6.41. The molecule has 0 aliphatic carbocycles. The third-order valence-electron chi connectivity index (χ3n) is 3.58. The van der Waals surface area contributed by atoms with Gasteiger partial charge in [0.2, 0.25) is 5.88 Å². The van der Waals surface area contributed by atoms with Crippen LogP contribution in [0.1, 0.15) is 49.2 Å². The first-order valence-corrected chi connectivity index (χ1v) is 9.10. The molecule has 0 aliphatic heterocycles. The number of nitrogens with one attached hydrogen (secondary N) is 2. The predicted octanol–water partition coefficient (Wildman–Crippen LogP) is 5.10. The van der Waals surface area contributed by atoms with Gasteiger partial charge in [0.1, 0.15) is 5.02 Å². The van der Waals surface area contributed by atoms with Crippen molar-refractivity contribution in [2.24, 2.45) is 0 Å². The van der Waals surface area contributed by atoms with E-state index in [4.69, 9.17) is 22.1 Å². The number of alkyl halides is 2. The molecule has 0 saturated heterocycles. The largest absolute Gasteiger partial charge is 0.675 e. The zero-order chi connectivity index (χ0) is 21.1. The molecule has 0 saturated carbocycles. The minimum absolute atomic E-state index is 0.0663. The molecule has 0 fully saturated rings. The zero-order valence-electron chi connectivity index (χ0n) is 16.0. The summed E-state index contributed by atoms with van der Waals surface area (Å²) in [5.74, 6) is -0.336. The highest BCUT2D eigenvalue weighted by Crippen LogP contribution is 2.25. The molecule has 154 valence electrons. The summed E-state index contributed by atoms with van der Waals surface area (Å²) in [5.41, 5.74) is 7.93. The Kier molecular flexibility index (Phi) is 10.3. The van der Waals surface area contributed by atoms with E-state index in [0.29, 0.717) is 11.1 Å². The van der Waals surface area contributed by atoms with Crippen molar-refractivity contribution >= 4 is 17.5 Å². The van der Waals surface area contributed by atoms with E-state index in [2.05, 4.69) is 15.3 Å². The van der Waals surface area contributed by atoms with Crippen molar-refractivity contribution in [3.05, 3.63) is 58.7 Å². The number of nitrogens with zero attached hydrogens (tertiary/aromatic N) is 2. The molecule has 2 atom stereocenters. The summed E-state index contributed by atoms with van der Waals surface area (Å²) < 4.78 is 29.0. The van der Waals surface area contributed by atoms with E-state index in [-0.39, 0.29) is 28.9 Å². The fraction of sp³-hybridized carbons (Fsp3) is 0.421. The maximum Gasteiger partial charge on any atom is 0.272 e. The quantitative estimate of drug-likeness (QED) is 0.683. The lowest BCUT2D eigenvalue weighted by atomic mass is 10.1. The summed E-state index contributed by atoms with van der Waals surface area (Å²) in [6, 6.07) is 4.47. The van der Waals surface area contributed by atoms with Crippen LogP contribution in [0.4, 0.5) is 8.78 Å². The van der Waals surface area contributed by atoms with Gasteiger partial charge in [-0.3, -0.25) is 9.78 Å². The summed E-state index contributed by atoms with van der Waals surface area (Å²) in [6.45, 7) is 4.88. The summed E-state index contributed by atoms with van der Waals surface area (Å²) >= 11 is 5.96. The third-order valence-corrected chi connectivity index (χ3v) is 3.85. The molecule has 2 heterocycles. The smallest absolute Gasteiger partial charge is 0.272 e. The van der Waals surface area contributed by atoms with Gasteiger partial charge in [0.25, 0.3) is 12.3 Å². The average molecular weight is 414 g/mol. The Balaban J connectivity index is 0.000000696. The van der Waals surface area contributed by atoms with Crippen molar-refractivity contribution in [2.45, 2.75) is 45.7 Å². The molecule has 0 aromatic carbocycles. The molecule has 2 N–H and O–H groups in total. The Hall–Kier alpha value is -2.32. The van der Waals surface area contributed by atoms with Crippen LogP contribution < -0.4 is 10.1 Å². The lowest BCUT2D eigenvalue weighted by molar-refractivity contribution is 0.0796. The first-order chi connectivity index (χ1) is 13.2. The van der Waals surface area contributed by atoms with Gasteiger partial charge in [-0.15, -0.1) is 6.04 Å². The van der Waals surface area contributed by atoms with Crippen molar-refractivity contribution in [2.75, 3.05) is 6.61 Å². The summed E-state index contributed by atoms with van der Waals surface area (Å²) in [4.78, 5) is 19.8. The molecule has 2 rings (SSSR count). The number of aromatic nitrogens is 2. The highest BCUT2D eigenvalue weighted by Gasteiger charge is 2.14. The van der Waals surface area contributed by atoms with Crippen molar-refractivity contribution < 1.29 is 18.3 Å². The number of carbonyl (C=O) groups is 1. The molecule has 6 nitrogen and oxygen atoms in total. The van der Waals surface area contributed by atoms with Crippen LogP contribution in [0.3, 0.4) is 0 Å². The van der Waals surface area contributed by atoms with Gasteiger partial charge < -0.3 is 15.8 Å². The van der Waals surface area contributed by atoms with Gasteiger partial charge in [0, 0.05) is 24.2 Å². The lowest BCUT2D eigenvalue weighted by Gasteiger charge is -2.15. The number of carbonyl (C=O) groups excluding carboxylic acids is 1. The topological polar surface area (TPSA) is 87.9 Å². The van der Waals surface area contributed by atoms with Crippen LogP contribution in [0, 0.1) is 0 Å². The van der Waals surface area contributed by atoms with Gasteiger partial charge in [-0.05, 0) is 30.7 Å². The minimum atomic E-state index is -2.61. The Bertz CT molecular complexity index is 733. The Morgan fingerprint density at radius 3 is 2.43 bits per heavy atom. The van der Waals surface area contributed by atoms with Crippen LogP contribution in [0.15, 0.2) is 36.8 Å². The van der Waals surface area contributed by atoms with Crippen LogP contribution in [-0.2, 0) is 0 Å². The first-order valence-electron chi connectivity index (χ1n) is 8.72. The number of pyridine rings is 2. The van der Waals surface area contributed by atoms with Crippen molar-refractivity contribution in [3.8, 4) is 5.88 Å². The SMILES string of the molecule is CC(NC(=O)c1ccncc1)c1cnc(OCC(F)F)c(Cl)c1.CCC(C)[NH-]. The van der Waals surface area contributed by atoms with Crippen LogP contribution in [0.2, 0.25) is 5.02 Å². The van der Waals surface area contributed by atoms with E-state index < -0.39 is 13.0 Å². The lowest BCUT2D eigenvalue weighted by Crippen LogP contribution is -2.26. The molecule has 2 unspecified atom stereocenters. The molecule has 2 aromatic rings. The summed E-state index contributed by atoms with van der Waals surface area (Å²) in [5, 5.41) is 2.89. The number of halogens is 3. The predicted molar refractivity (Wildman–Crippen MR) is 105 cm³/mol. The fourth-order valence-electron chi connectivity index (χ4n) is 1.79. The summed E-state index contributed by atoms with van der Waals surface area (Å²) in [6.07, 6.45) is 2.83. The molecule has 0 bridgehead atoms. The fourth-order valence-corrected chi connectivity index (χ4v) is 2.02. The zero-order valence-corrected chi connectivity index (χ0v) is 16.7. The van der Waals surface area contributed by atoms with E-state index in [1.165, 1.54) is 24.7 Å². The maximum atomic E-state index is 12.1. The molecule has 0 spiro atoms. The van der Waals surface area contributed by atoms with Crippen molar-refractivity contribution in [1.29, 1.82) is 0 Å². The first kappa shape index (κ1) is 23.7. The van der Waals surface area contributed by atoms with Crippen LogP contribution in [-0.4, -0.2) is 34.9 Å². The second-order valence-electron chi connectivity index (χ2n) is 6.00. The average Bonchev–Trinajstić information content (AvgIpc) is 2.67. The molecule has 1 amide bonds. The van der Waals surface area contributed by atoms with Gasteiger partial charge >= 0.3 is 0 Å². The summed E-state index contributed by atoms with van der Waals surface area (Å²) in [7, 11) is 0. The maximum absolute atomic E-state index is 12.1. The standard InChI is InChI=1S/C15H14ClF2N3O2.C4H10N/c1-9(21-14(22)10-2-4-19-5-3-10)11-6-12(16)15(20-7-11)23-8-13(17)18;1-3-4(2)5/h2-7,9,13H,8H2,1H3,(H,21,22);4-5H,3H2,1-2H3/q;-1. The highest BCUT2D eigenvalue weighted by atomic mass is 35.5. The number of hydrogen-bond acceptors (Lipinski definition) is 4. The molecular formula is C19H24ClF2N4O2-. The molecular weight excluding hydrogens is 390 g/mol. The van der Waals surface area contributed by atoms with Gasteiger partial charge in [0.05, 0.1) is 6.04 Å². The van der Waals surface area contributed by atoms with Crippen LogP contribution >= 0.6 is 11.6 Å². The van der Waals surface area contributed by atoms with E-state index >= 15 is 0 Å². The minimum Gasteiger partial charge on any atom is -0.675 e. The Morgan fingerprint density at radius 1 is 1.32 bits per heavy atom. The van der Waals surface area contributed by atoms with Gasteiger partial charge in [-0.25, -0.2) is 13.8 Å².